The van der Waals surface area contributed by atoms with Crippen molar-refractivity contribution in [2.45, 2.75) is 24.9 Å². The molecule has 7 heteroatoms. The van der Waals surface area contributed by atoms with Crippen LogP contribution in [0.25, 0.3) is 0 Å². The summed E-state index contributed by atoms with van der Waals surface area (Å²) in [5.41, 5.74) is 0.341. The van der Waals surface area contributed by atoms with E-state index in [1.165, 1.54) is 7.11 Å². The fourth-order valence-corrected chi connectivity index (χ4v) is 2.96. The quantitative estimate of drug-likeness (QED) is 0.842. The summed E-state index contributed by atoms with van der Waals surface area (Å²) in [6, 6.07) is 4.44. The Morgan fingerprint density at radius 2 is 2.00 bits per heavy atom. The van der Waals surface area contributed by atoms with Gasteiger partial charge in [-0.15, -0.1) is 0 Å². The first kappa shape index (κ1) is 13.4. The molecule has 0 aliphatic carbocycles. The summed E-state index contributed by atoms with van der Waals surface area (Å²) in [4.78, 5) is 38.3. The van der Waals surface area contributed by atoms with Crippen molar-refractivity contribution >= 4 is 23.6 Å². The lowest BCUT2D eigenvalue weighted by atomic mass is 10.1. The van der Waals surface area contributed by atoms with Crippen LogP contribution in [0.4, 0.5) is 10.5 Å². The van der Waals surface area contributed by atoms with Crippen LogP contribution >= 0.6 is 0 Å². The van der Waals surface area contributed by atoms with Gasteiger partial charge in [-0.05, 0) is 25.0 Å². The molecule has 0 saturated carbocycles. The van der Waals surface area contributed by atoms with Gasteiger partial charge in [0.15, 0.2) is 0 Å². The van der Waals surface area contributed by atoms with E-state index in [9.17, 15) is 19.5 Å². The van der Waals surface area contributed by atoms with Crippen LogP contribution in [0.15, 0.2) is 24.3 Å². The van der Waals surface area contributed by atoms with E-state index in [0.717, 1.165) is 9.80 Å². The lowest BCUT2D eigenvalue weighted by Crippen LogP contribution is -2.42. The summed E-state index contributed by atoms with van der Waals surface area (Å²) >= 11 is 0. The molecule has 7 nitrogen and oxygen atoms in total. The number of carbonyl (C=O) groups excluding carboxylic acids is 2. The van der Waals surface area contributed by atoms with Crippen LogP contribution in [0, 0.1) is 0 Å². The number of hydrogen-bond donors (Lipinski definition) is 1. The number of amides is 3. The Bertz CT molecular complexity index is 630. The topological polar surface area (TPSA) is 87.2 Å². The molecule has 3 amide bonds. The van der Waals surface area contributed by atoms with E-state index in [4.69, 9.17) is 4.74 Å². The van der Waals surface area contributed by atoms with Crippen molar-refractivity contribution in [1.29, 1.82) is 0 Å². The second kappa shape index (κ2) is 4.76. The normalized spacial score (nSPS) is 24.4. The highest BCUT2D eigenvalue weighted by molar-refractivity contribution is 6.23. The summed E-state index contributed by atoms with van der Waals surface area (Å²) in [5, 5.41) is 9.17. The number of ether oxygens (including phenoxy) is 1. The van der Waals surface area contributed by atoms with Crippen LogP contribution in [0.5, 0.6) is 5.75 Å². The highest BCUT2D eigenvalue weighted by Gasteiger charge is 2.54. The maximum Gasteiger partial charge on any atom is 0.332 e. The van der Waals surface area contributed by atoms with E-state index in [-0.39, 0.29) is 0 Å². The molecule has 0 unspecified atom stereocenters. The van der Waals surface area contributed by atoms with Gasteiger partial charge in [0.25, 0.3) is 5.91 Å². The predicted molar refractivity (Wildman–Crippen MR) is 72.2 cm³/mol. The molecule has 0 spiro atoms. The monoisotopic (exact) mass is 290 g/mol. The van der Waals surface area contributed by atoms with E-state index in [1.54, 1.807) is 24.3 Å². The third kappa shape index (κ3) is 1.84. The van der Waals surface area contributed by atoms with Crippen LogP contribution in [-0.4, -0.2) is 47.1 Å². The second-order valence-electron chi connectivity index (χ2n) is 4.98. The van der Waals surface area contributed by atoms with Crippen molar-refractivity contribution in [1.82, 2.24) is 4.90 Å². The number of carbonyl (C=O) groups is 3. The minimum atomic E-state index is -1.08. The predicted octanol–water partition coefficient (Wildman–Crippen LogP) is 1.08. The number of hydrogen-bond acceptors (Lipinski definition) is 4. The zero-order chi connectivity index (χ0) is 15.1. The standard InChI is InChI=1S/C14H14N2O5/c1-21-11-5-3-2-4-8(11)16-12(17)9-6-7-10(13(18)19)15(9)14(16)20/h2-5,9-10H,6-7H2,1H3,(H,18,19)/t9-,10-/m1/s1. The number of methoxy groups -OCH3 is 1. The number of fused-ring (bicyclic) bond motifs is 1. The van der Waals surface area contributed by atoms with Crippen LogP contribution in [0.1, 0.15) is 12.8 Å². The lowest BCUT2D eigenvalue weighted by Gasteiger charge is -2.21. The maximum absolute atomic E-state index is 12.5. The average Bonchev–Trinajstić information content (AvgIpc) is 3.01. The molecule has 0 aromatic heterocycles. The molecule has 0 radical (unpaired) electrons. The van der Waals surface area contributed by atoms with Gasteiger partial charge in [-0.3, -0.25) is 9.69 Å². The van der Waals surface area contributed by atoms with Gasteiger partial charge < -0.3 is 9.84 Å². The van der Waals surface area contributed by atoms with Gasteiger partial charge in [0.05, 0.1) is 12.8 Å². The number of carboxylic acids is 1. The second-order valence-corrected chi connectivity index (χ2v) is 4.98. The van der Waals surface area contributed by atoms with Crippen LogP contribution in [0.2, 0.25) is 0 Å². The fraction of sp³-hybridized carbons (Fsp3) is 0.357. The van der Waals surface area contributed by atoms with Crippen molar-refractivity contribution in [3.8, 4) is 5.75 Å². The molecule has 110 valence electrons. The van der Waals surface area contributed by atoms with Crippen LogP contribution in [0.3, 0.4) is 0 Å². The van der Waals surface area contributed by atoms with E-state index in [1.807, 2.05) is 0 Å². The number of aliphatic carboxylic acids is 1. The average molecular weight is 290 g/mol. The van der Waals surface area contributed by atoms with Crippen molar-refractivity contribution < 1.29 is 24.2 Å². The van der Waals surface area contributed by atoms with Crippen molar-refractivity contribution in [2.24, 2.45) is 0 Å². The first-order valence-corrected chi connectivity index (χ1v) is 6.58. The smallest absolute Gasteiger partial charge is 0.332 e. The number of nitrogens with zero attached hydrogens (tertiary/aromatic N) is 2. The molecule has 2 saturated heterocycles. The van der Waals surface area contributed by atoms with Crippen molar-refractivity contribution in [3.05, 3.63) is 24.3 Å². The number of urea groups is 1. The molecular weight excluding hydrogens is 276 g/mol. The highest BCUT2D eigenvalue weighted by atomic mass is 16.5. The molecule has 2 fully saturated rings. The Morgan fingerprint density at radius 3 is 2.67 bits per heavy atom. The summed E-state index contributed by atoms with van der Waals surface area (Å²) in [7, 11) is 1.45. The van der Waals surface area contributed by atoms with E-state index < -0.39 is 30.0 Å². The zero-order valence-corrected chi connectivity index (χ0v) is 11.4. The number of carboxylic acid groups (broad SMARTS) is 1. The van der Waals surface area contributed by atoms with Gasteiger partial charge in [0, 0.05) is 0 Å². The van der Waals surface area contributed by atoms with Crippen molar-refractivity contribution in [3.63, 3.8) is 0 Å². The first-order chi connectivity index (χ1) is 10.1. The SMILES string of the molecule is COc1ccccc1N1C(=O)[C@H]2CC[C@H](C(=O)O)N2C1=O. The Hall–Kier alpha value is -2.57. The summed E-state index contributed by atoms with van der Waals surface area (Å²) in [5.74, 6) is -1.08. The summed E-state index contributed by atoms with van der Waals surface area (Å²) in [6.45, 7) is 0. The molecule has 0 bridgehead atoms. The van der Waals surface area contributed by atoms with Crippen LogP contribution in [-0.2, 0) is 9.59 Å². The molecule has 2 heterocycles. The summed E-state index contributed by atoms with van der Waals surface area (Å²) in [6.07, 6.45) is 0.671. The molecular formula is C14H14N2O5. The van der Waals surface area contributed by atoms with Gasteiger partial charge in [-0.1, -0.05) is 12.1 Å². The van der Waals surface area contributed by atoms with Gasteiger partial charge in [0.2, 0.25) is 0 Å². The van der Waals surface area contributed by atoms with E-state index in [0.29, 0.717) is 24.3 Å². The van der Waals surface area contributed by atoms with E-state index >= 15 is 0 Å². The van der Waals surface area contributed by atoms with Gasteiger partial charge in [-0.25, -0.2) is 14.5 Å². The minimum Gasteiger partial charge on any atom is -0.495 e. The zero-order valence-electron chi connectivity index (χ0n) is 11.4. The van der Waals surface area contributed by atoms with Crippen molar-refractivity contribution in [2.75, 3.05) is 12.0 Å². The third-order valence-electron chi connectivity index (χ3n) is 3.91. The Morgan fingerprint density at radius 1 is 1.29 bits per heavy atom. The minimum absolute atomic E-state index is 0.303. The Kier molecular flexibility index (Phi) is 3.04. The molecule has 1 aromatic rings. The fourth-order valence-electron chi connectivity index (χ4n) is 2.96. The molecule has 2 atom stereocenters. The molecule has 1 aromatic carbocycles. The number of anilines is 1. The Balaban J connectivity index is 2.01. The van der Waals surface area contributed by atoms with Crippen LogP contribution < -0.4 is 9.64 Å². The largest absolute Gasteiger partial charge is 0.495 e. The number of rotatable bonds is 3. The number of benzene rings is 1. The van der Waals surface area contributed by atoms with Gasteiger partial charge in [0.1, 0.15) is 17.8 Å². The highest BCUT2D eigenvalue weighted by Crippen LogP contribution is 2.38. The van der Waals surface area contributed by atoms with E-state index in [2.05, 4.69) is 0 Å². The molecule has 1 N–H and O–H groups in total. The molecule has 2 aliphatic heterocycles. The van der Waals surface area contributed by atoms with Gasteiger partial charge >= 0.3 is 12.0 Å². The number of imide groups is 1. The first-order valence-electron chi connectivity index (χ1n) is 6.58. The summed E-state index contributed by atoms with van der Waals surface area (Å²) < 4.78 is 5.17. The molecule has 3 rings (SSSR count). The molecule has 21 heavy (non-hydrogen) atoms. The maximum atomic E-state index is 12.5. The Labute approximate surface area is 120 Å². The van der Waals surface area contributed by atoms with Gasteiger partial charge in [-0.2, -0.15) is 0 Å². The third-order valence-corrected chi connectivity index (χ3v) is 3.91. The number of para-hydroxylation sites is 2. The molecule has 2 aliphatic rings. The lowest BCUT2D eigenvalue weighted by molar-refractivity contribution is -0.141.